The van der Waals surface area contributed by atoms with Crippen LogP contribution in [0.1, 0.15) is 39.0 Å². The second kappa shape index (κ2) is 7.39. The third-order valence-corrected chi connectivity index (χ3v) is 3.88. The van der Waals surface area contributed by atoms with Gasteiger partial charge in [0.2, 0.25) is 0 Å². The molecule has 106 valence electrons. The number of benzene rings is 1. The highest BCUT2D eigenvalue weighted by molar-refractivity contribution is 5.43. The molecule has 0 spiro atoms. The molecule has 1 aromatic carbocycles. The molecule has 1 aliphatic heterocycles. The fourth-order valence-corrected chi connectivity index (χ4v) is 2.90. The average molecular weight is 262 g/mol. The van der Waals surface area contributed by atoms with E-state index in [4.69, 9.17) is 10.5 Å². The van der Waals surface area contributed by atoms with Gasteiger partial charge in [0.1, 0.15) is 12.4 Å². The molecule has 1 aliphatic rings. The number of likely N-dealkylation sites (tertiary alicyclic amines) is 1. The van der Waals surface area contributed by atoms with Crippen molar-refractivity contribution in [1.29, 1.82) is 0 Å². The molecule has 2 N–H and O–H groups in total. The summed E-state index contributed by atoms with van der Waals surface area (Å²) in [6, 6.07) is 8.44. The van der Waals surface area contributed by atoms with Gasteiger partial charge in [-0.2, -0.15) is 0 Å². The summed E-state index contributed by atoms with van der Waals surface area (Å²) >= 11 is 0. The zero-order valence-electron chi connectivity index (χ0n) is 12.0. The number of hydrogen-bond acceptors (Lipinski definition) is 3. The number of anilines is 1. The van der Waals surface area contributed by atoms with Gasteiger partial charge in [-0.05, 0) is 37.9 Å². The maximum absolute atomic E-state index is 5.79. The molecule has 1 heterocycles. The van der Waals surface area contributed by atoms with Crippen LogP contribution in [-0.2, 0) is 0 Å². The van der Waals surface area contributed by atoms with Gasteiger partial charge >= 0.3 is 0 Å². The summed E-state index contributed by atoms with van der Waals surface area (Å²) < 4.78 is 5.79. The Bertz CT molecular complexity index is 379. The van der Waals surface area contributed by atoms with Crippen LogP contribution < -0.4 is 10.5 Å². The number of nitrogens with zero attached hydrogens (tertiary/aromatic N) is 1. The van der Waals surface area contributed by atoms with E-state index in [1.54, 1.807) is 0 Å². The van der Waals surface area contributed by atoms with Crippen molar-refractivity contribution in [1.82, 2.24) is 4.90 Å². The van der Waals surface area contributed by atoms with Crippen LogP contribution in [0.2, 0.25) is 0 Å². The summed E-state index contributed by atoms with van der Waals surface area (Å²) in [6.07, 6.45) is 6.66. The molecule has 1 atom stereocenters. The Hall–Kier alpha value is -1.22. The molecule has 3 heteroatoms. The first kappa shape index (κ1) is 14.2. The topological polar surface area (TPSA) is 38.5 Å². The third-order valence-electron chi connectivity index (χ3n) is 3.88. The van der Waals surface area contributed by atoms with Crippen molar-refractivity contribution in [2.45, 2.75) is 45.1 Å². The van der Waals surface area contributed by atoms with Crippen LogP contribution in [0.25, 0.3) is 0 Å². The van der Waals surface area contributed by atoms with Crippen molar-refractivity contribution in [2.75, 3.05) is 25.4 Å². The highest BCUT2D eigenvalue weighted by Gasteiger charge is 2.20. The molecule has 1 saturated heterocycles. The lowest BCUT2D eigenvalue weighted by Gasteiger charge is -2.35. The maximum Gasteiger partial charge on any atom is 0.121 e. The molecular weight excluding hydrogens is 236 g/mol. The van der Waals surface area contributed by atoms with E-state index in [2.05, 4.69) is 11.8 Å². The zero-order valence-corrected chi connectivity index (χ0v) is 12.0. The van der Waals surface area contributed by atoms with Crippen LogP contribution in [0.5, 0.6) is 5.75 Å². The highest BCUT2D eigenvalue weighted by atomic mass is 16.5. The largest absolute Gasteiger partial charge is 0.492 e. The van der Waals surface area contributed by atoms with Gasteiger partial charge in [0, 0.05) is 24.3 Å². The molecule has 0 amide bonds. The standard InChI is InChI=1S/C16H26N2O/c1-2-6-15-8-3-4-10-18(15)11-12-19-16-9-5-7-14(17)13-16/h5,7,9,13,15H,2-4,6,8,10-12,17H2,1H3. The second-order valence-electron chi connectivity index (χ2n) is 5.40. The molecule has 1 aromatic rings. The molecule has 0 aromatic heterocycles. The minimum absolute atomic E-state index is 0.754. The number of rotatable bonds is 6. The van der Waals surface area contributed by atoms with Gasteiger partial charge in [0.25, 0.3) is 0 Å². The fourth-order valence-electron chi connectivity index (χ4n) is 2.90. The van der Waals surface area contributed by atoms with E-state index in [-0.39, 0.29) is 0 Å². The Balaban J connectivity index is 1.77. The predicted molar refractivity (Wildman–Crippen MR) is 80.5 cm³/mol. The number of hydrogen-bond donors (Lipinski definition) is 1. The molecule has 1 unspecified atom stereocenters. The van der Waals surface area contributed by atoms with Crippen LogP contribution in [0.3, 0.4) is 0 Å². The summed E-state index contributed by atoms with van der Waals surface area (Å²) in [5, 5.41) is 0. The van der Waals surface area contributed by atoms with Crippen molar-refractivity contribution in [2.24, 2.45) is 0 Å². The molecule has 0 aliphatic carbocycles. The van der Waals surface area contributed by atoms with Crippen molar-refractivity contribution in [3.63, 3.8) is 0 Å². The van der Waals surface area contributed by atoms with Crippen LogP contribution in [0.15, 0.2) is 24.3 Å². The fraction of sp³-hybridized carbons (Fsp3) is 0.625. The van der Waals surface area contributed by atoms with Gasteiger partial charge in [-0.25, -0.2) is 0 Å². The van der Waals surface area contributed by atoms with Gasteiger partial charge in [-0.1, -0.05) is 25.8 Å². The first-order chi connectivity index (χ1) is 9.29. The van der Waals surface area contributed by atoms with Crippen LogP contribution in [0, 0.1) is 0 Å². The summed E-state index contributed by atoms with van der Waals surface area (Å²) in [4.78, 5) is 2.60. The SMILES string of the molecule is CCCC1CCCCN1CCOc1cccc(N)c1. The van der Waals surface area contributed by atoms with Crippen LogP contribution >= 0.6 is 0 Å². The monoisotopic (exact) mass is 262 g/mol. The van der Waals surface area contributed by atoms with Crippen molar-refractivity contribution in [3.8, 4) is 5.75 Å². The predicted octanol–water partition coefficient (Wildman–Crippen LogP) is 3.30. The Morgan fingerprint density at radius 3 is 3.05 bits per heavy atom. The Labute approximate surface area is 116 Å². The third kappa shape index (κ3) is 4.43. The summed E-state index contributed by atoms with van der Waals surface area (Å²) in [7, 11) is 0. The first-order valence-corrected chi connectivity index (χ1v) is 7.52. The number of nitrogens with two attached hydrogens (primary N) is 1. The van der Waals surface area contributed by atoms with Gasteiger partial charge in [-0.3, -0.25) is 4.90 Å². The van der Waals surface area contributed by atoms with Crippen molar-refractivity contribution >= 4 is 5.69 Å². The molecule has 19 heavy (non-hydrogen) atoms. The lowest BCUT2D eigenvalue weighted by atomic mass is 9.98. The molecule has 3 nitrogen and oxygen atoms in total. The van der Waals surface area contributed by atoms with E-state index in [0.717, 1.165) is 30.6 Å². The van der Waals surface area contributed by atoms with Crippen molar-refractivity contribution in [3.05, 3.63) is 24.3 Å². The van der Waals surface area contributed by atoms with E-state index in [1.807, 2.05) is 24.3 Å². The summed E-state index contributed by atoms with van der Waals surface area (Å²) in [5.41, 5.74) is 6.51. The van der Waals surface area contributed by atoms with E-state index < -0.39 is 0 Å². The van der Waals surface area contributed by atoms with Crippen LogP contribution in [-0.4, -0.2) is 30.6 Å². The quantitative estimate of drug-likeness (QED) is 0.799. The molecule has 0 bridgehead atoms. The molecule has 0 radical (unpaired) electrons. The molecule has 0 saturated carbocycles. The minimum Gasteiger partial charge on any atom is -0.492 e. The van der Waals surface area contributed by atoms with E-state index >= 15 is 0 Å². The number of piperidine rings is 1. The lowest BCUT2D eigenvalue weighted by Crippen LogP contribution is -2.41. The Morgan fingerprint density at radius 1 is 1.37 bits per heavy atom. The van der Waals surface area contributed by atoms with Crippen molar-refractivity contribution < 1.29 is 4.74 Å². The smallest absolute Gasteiger partial charge is 0.121 e. The van der Waals surface area contributed by atoms with Crippen LogP contribution in [0.4, 0.5) is 5.69 Å². The zero-order chi connectivity index (χ0) is 13.5. The maximum atomic E-state index is 5.79. The number of ether oxygens (including phenoxy) is 1. The summed E-state index contributed by atoms with van der Waals surface area (Å²) in [6.45, 7) is 5.28. The van der Waals surface area contributed by atoms with Gasteiger partial charge in [-0.15, -0.1) is 0 Å². The number of nitrogen functional groups attached to an aromatic ring is 1. The van der Waals surface area contributed by atoms with Gasteiger partial charge in [0.05, 0.1) is 0 Å². The average Bonchev–Trinajstić information content (AvgIpc) is 2.41. The van der Waals surface area contributed by atoms with E-state index in [9.17, 15) is 0 Å². The molecular formula is C16H26N2O. The van der Waals surface area contributed by atoms with E-state index in [1.165, 1.54) is 38.6 Å². The molecule has 1 fully saturated rings. The Morgan fingerprint density at radius 2 is 2.26 bits per heavy atom. The Kier molecular flexibility index (Phi) is 5.52. The second-order valence-corrected chi connectivity index (χ2v) is 5.40. The highest BCUT2D eigenvalue weighted by Crippen LogP contribution is 2.21. The minimum atomic E-state index is 0.754. The van der Waals surface area contributed by atoms with E-state index in [0.29, 0.717) is 0 Å². The van der Waals surface area contributed by atoms with Gasteiger partial charge < -0.3 is 10.5 Å². The summed E-state index contributed by atoms with van der Waals surface area (Å²) in [5.74, 6) is 0.879. The first-order valence-electron chi connectivity index (χ1n) is 7.52. The lowest BCUT2D eigenvalue weighted by molar-refractivity contribution is 0.116. The van der Waals surface area contributed by atoms with Gasteiger partial charge in [0.15, 0.2) is 0 Å². The molecule has 2 rings (SSSR count). The normalized spacial score (nSPS) is 20.4.